The molecule has 0 amide bonds. The monoisotopic (exact) mass is 627 g/mol. The lowest BCUT2D eigenvalue weighted by Crippen LogP contribution is -2.54. The molecule has 10 aliphatic carbocycles. The average Bonchev–Trinajstić information content (AvgIpc) is 3.66. The summed E-state index contributed by atoms with van der Waals surface area (Å²) >= 11 is 0. The number of fused-ring (bicyclic) bond motifs is 8. The summed E-state index contributed by atoms with van der Waals surface area (Å²) in [4.78, 5) is 12.6. The molecular formula is C45H70O. The van der Waals surface area contributed by atoms with Crippen molar-refractivity contribution in [1.29, 1.82) is 0 Å². The molecule has 0 aromatic rings. The van der Waals surface area contributed by atoms with Gasteiger partial charge in [0.15, 0.2) is 0 Å². The lowest BCUT2D eigenvalue weighted by molar-refractivity contribution is -0.144. The molecule has 0 heterocycles. The maximum absolute atomic E-state index is 12.6. The maximum atomic E-state index is 12.6. The van der Waals surface area contributed by atoms with Gasteiger partial charge in [-0.25, -0.2) is 0 Å². The van der Waals surface area contributed by atoms with Gasteiger partial charge in [0.25, 0.3) is 0 Å². The van der Waals surface area contributed by atoms with Crippen LogP contribution < -0.4 is 0 Å². The highest BCUT2D eigenvalue weighted by atomic mass is 16.1. The number of Topliss-reactive ketones (excluding diaryl/α,β-unsaturated/α-hetero) is 1. The van der Waals surface area contributed by atoms with Crippen LogP contribution in [0.4, 0.5) is 0 Å². The fraction of sp³-hybridized carbons (Fsp3) is 0.933. The molecule has 0 radical (unpaired) electrons. The second-order valence-corrected chi connectivity index (χ2v) is 20.4. The van der Waals surface area contributed by atoms with Gasteiger partial charge in [0.05, 0.1) is 0 Å². The van der Waals surface area contributed by atoms with Crippen molar-refractivity contribution in [3.63, 3.8) is 0 Å². The second kappa shape index (κ2) is 11.5. The van der Waals surface area contributed by atoms with Gasteiger partial charge in [-0.15, -0.1) is 0 Å². The largest absolute Gasteiger partial charge is 0.299 e. The average molecular weight is 627 g/mol. The first-order valence-electron chi connectivity index (χ1n) is 21.5. The van der Waals surface area contributed by atoms with Crippen LogP contribution in [-0.2, 0) is 4.79 Å². The summed E-state index contributed by atoms with van der Waals surface area (Å²) < 4.78 is 0. The molecule has 10 aliphatic rings. The Morgan fingerprint density at radius 1 is 0.478 bits per heavy atom. The Labute approximate surface area is 283 Å². The molecule has 0 aliphatic heterocycles. The van der Waals surface area contributed by atoms with Gasteiger partial charge in [0.1, 0.15) is 5.78 Å². The van der Waals surface area contributed by atoms with Gasteiger partial charge in [-0.1, -0.05) is 51.7 Å². The van der Waals surface area contributed by atoms with E-state index in [-0.39, 0.29) is 0 Å². The zero-order valence-electron chi connectivity index (χ0n) is 30.3. The van der Waals surface area contributed by atoms with Gasteiger partial charge < -0.3 is 0 Å². The van der Waals surface area contributed by atoms with Gasteiger partial charge in [-0.05, 0) is 210 Å². The fourth-order valence-electron chi connectivity index (χ4n) is 17.9. The third-order valence-corrected chi connectivity index (χ3v) is 19.7. The highest BCUT2D eigenvalue weighted by Crippen LogP contribution is 2.72. The Bertz CT molecular complexity index is 1110. The molecule has 10 rings (SSSR count). The SMILES string of the molecule is C=C1CCCC23CCC4C(CCC5CCCCC54C)C2CCC13.CC12CCCCC1CCC1C2CCC23CCCC(=O)C2CCC13. The molecule has 1 heteroatoms. The summed E-state index contributed by atoms with van der Waals surface area (Å²) in [6, 6.07) is 0. The van der Waals surface area contributed by atoms with Gasteiger partial charge in [-0.2, -0.15) is 0 Å². The van der Waals surface area contributed by atoms with E-state index in [1.807, 2.05) is 0 Å². The molecule has 10 fully saturated rings. The quantitative estimate of drug-likeness (QED) is 0.244. The van der Waals surface area contributed by atoms with Crippen LogP contribution in [0.25, 0.3) is 0 Å². The van der Waals surface area contributed by atoms with E-state index in [4.69, 9.17) is 0 Å². The zero-order chi connectivity index (χ0) is 31.3. The number of carbonyl (C=O) groups is 1. The smallest absolute Gasteiger partial charge is 0.136 e. The van der Waals surface area contributed by atoms with E-state index in [1.165, 1.54) is 109 Å². The van der Waals surface area contributed by atoms with E-state index in [9.17, 15) is 4.79 Å². The van der Waals surface area contributed by atoms with Crippen LogP contribution in [0.5, 0.6) is 0 Å². The molecule has 14 atom stereocenters. The topological polar surface area (TPSA) is 17.1 Å². The summed E-state index contributed by atoms with van der Waals surface area (Å²) in [5.74, 6) is 10.2. The van der Waals surface area contributed by atoms with Crippen molar-refractivity contribution in [3.8, 4) is 0 Å². The summed E-state index contributed by atoms with van der Waals surface area (Å²) in [5, 5.41) is 0. The van der Waals surface area contributed by atoms with Gasteiger partial charge in [0.2, 0.25) is 0 Å². The van der Waals surface area contributed by atoms with Gasteiger partial charge in [-0.3, -0.25) is 4.79 Å². The molecule has 0 bridgehead atoms. The number of rotatable bonds is 0. The first kappa shape index (κ1) is 31.4. The van der Waals surface area contributed by atoms with E-state index in [2.05, 4.69) is 20.4 Å². The zero-order valence-corrected chi connectivity index (χ0v) is 30.3. The van der Waals surface area contributed by atoms with Crippen LogP contribution in [0.15, 0.2) is 12.2 Å². The Morgan fingerprint density at radius 2 is 1.00 bits per heavy atom. The molecule has 2 spiro atoms. The predicted octanol–water partition coefficient (Wildman–Crippen LogP) is 12.5. The van der Waals surface area contributed by atoms with Gasteiger partial charge in [0, 0.05) is 12.3 Å². The molecule has 0 saturated heterocycles. The van der Waals surface area contributed by atoms with Crippen molar-refractivity contribution in [2.75, 3.05) is 0 Å². The molecule has 0 aromatic heterocycles. The number of hydrogen-bond acceptors (Lipinski definition) is 1. The molecule has 14 unspecified atom stereocenters. The summed E-state index contributed by atoms with van der Waals surface area (Å²) in [5.41, 5.74) is 4.20. The lowest BCUT2D eigenvalue weighted by atomic mass is 9.43. The molecule has 0 aromatic carbocycles. The van der Waals surface area contributed by atoms with Crippen LogP contribution in [-0.4, -0.2) is 5.78 Å². The van der Waals surface area contributed by atoms with Crippen molar-refractivity contribution in [2.45, 2.75) is 181 Å². The van der Waals surface area contributed by atoms with E-state index in [0.29, 0.717) is 33.4 Å². The summed E-state index contributed by atoms with van der Waals surface area (Å²) in [6.07, 6.45) is 37.7. The number of carbonyl (C=O) groups excluding carboxylic acids is 1. The van der Waals surface area contributed by atoms with E-state index in [0.717, 1.165) is 59.7 Å². The van der Waals surface area contributed by atoms with Crippen LogP contribution >= 0.6 is 0 Å². The molecule has 46 heavy (non-hydrogen) atoms. The highest BCUT2D eigenvalue weighted by molar-refractivity contribution is 5.83. The van der Waals surface area contributed by atoms with Crippen molar-refractivity contribution < 1.29 is 4.79 Å². The minimum atomic E-state index is 0.467. The van der Waals surface area contributed by atoms with Crippen molar-refractivity contribution >= 4 is 5.78 Å². The minimum Gasteiger partial charge on any atom is -0.299 e. The number of hydrogen-bond donors (Lipinski definition) is 0. The first-order chi connectivity index (χ1) is 22.3. The Kier molecular flexibility index (Phi) is 7.83. The Balaban J connectivity index is 0.000000127. The van der Waals surface area contributed by atoms with Crippen molar-refractivity contribution in [1.82, 2.24) is 0 Å². The first-order valence-corrected chi connectivity index (χ1v) is 21.5. The van der Waals surface area contributed by atoms with E-state index >= 15 is 0 Å². The van der Waals surface area contributed by atoms with Crippen LogP contribution in [0.2, 0.25) is 0 Å². The Morgan fingerprint density at radius 3 is 1.59 bits per heavy atom. The number of ketones is 1. The normalized spacial score (nSPS) is 55.5. The van der Waals surface area contributed by atoms with Crippen LogP contribution in [0.3, 0.4) is 0 Å². The molecule has 256 valence electrons. The molecule has 0 N–H and O–H groups in total. The van der Waals surface area contributed by atoms with E-state index < -0.39 is 0 Å². The van der Waals surface area contributed by atoms with Crippen molar-refractivity contribution in [3.05, 3.63) is 12.2 Å². The molecule has 1 nitrogen and oxygen atoms in total. The van der Waals surface area contributed by atoms with Crippen LogP contribution in [0.1, 0.15) is 181 Å². The molecule has 10 saturated carbocycles. The highest BCUT2D eigenvalue weighted by Gasteiger charge is 2.64. The summed E-state index contributed by atoms with van der Waals surface area (Å²) in [6.45, 7) is 9.92. The second-order valence-electron chi connectivity index (χ2n) is 20.4. The standard InChI is InChI=1S/C23H36.C22H34O/c1-16-6-5-14-23-15-12-20-18(21(23)11-10-19(16)23)9-8-17-7-3-4-13-22(17,20)2;1-21-12-3-2-5-15(21)7-8-16-17(21)11-14-22-13-4-6-20(23)19(22)10-9-18(16)22/h17-21H,1,3-15H2,2H3;15-19H,2-14H2,1H3. The predicted molar refractivity (Wildman–Crippen MR) is 190 cm³/mol. The lowest BCUT2D eigenvalue weighted by Gasteiger charge is -2.62. The third kappa shape index (κ3) is 4.39. The molecular weight excluding hydrogens is 556 g/mol. The van der Waals surface area contributed by atoms with E-state index in [1.54, 1.807) is 56.9 Å². The van der Waals surface area contributed by atoms with Gasteiger partial charge >= 0.3 is 0 Å². The third-order valence-electron chi connectivity index (χ3n) is 19.7. The Hall–Kier alpha value is -0.590. The maximum Gasteiger partial charge on any atom is 0.136 e. The van der Waals surface area contributed by atoms with Crippen molar-refractivity contribution in [2.24, 2.45) is 80.8 Å². The minimum absolute atomic E-state index is 0.467. The number of allylic oxidation sites excluding steroid dienone is 1. The fourth-order valence-corrected chi connectivity index (χ4v) is 17.9. The summed E-state index contributed by atoms with van der Waals surface area (Å²) in [7, 11) is 0. The van der Waals surface area contributed by atoms with Crippen LogP contribution in [0, 0.1) is 80.8 Å².